The second-order valence-electron chi connectivity index (χ2n) is 5.36. The number of halogens is 2. The Hall–Kier alpha value is -1.71. The van der Waals surface area contributed by atoms with E-state index in [0.29, 0.717) is 35.2 Å². The highest BCUT2D eigenvalue weighted by Gasteiger charge is 2.06. The van der Waals surface area contributed by atoms with E-state index >= 15 is 0 Å². The summed E-state index contributed by atoms with van der Waals surface area (Å²) in [5.74, 6) is 0.778. The Morgan fingerprint density at radius 3 is 2.52 bits per heavy atom. The van der Waals surface area contributed by atoms with Crippen molar-refractivity contribution >= 4 is 34.8 Å². The molecule has 0 spiro atoms. The van der Waals surface area contributed by atoms with E-state index in [-0.39, 0.29) is 5.91 Å². The normalized spacial score (nSPS) is 10.4. The molecule has 0 aliphatic rings. The molecule has 0 aromatic heterocycles. The van der Waals surface area contributed by atoms with Gasteiger partial charge in [-0.25, -0.2) is 0 Å². The molecule has 2 rings (SSSR count). The number of rotatable bonds is 6. The maximum Gasteiger partial charge on any atom is 0.224 e. The summed E-state index contributed by atoms with van der Waals surface area (Å²) in [5.41, 5.74) is 2.92. The molecular formula is C18H19Cl2NO2. The molecule has 1 amide bonds. The number of hydrogen-bond donors (Lipinski definition) is 1. The summed E-state index contributed by atoms with van der Waals surface area (Å²) >= 11 is 11.8. The first-order valence-electron chi connectivity index (χ1n) is 7.40. The Morgan fingerprint density at radius 2 is 1.83 bits per heavy atom. The van der Waals surface area contributed by atoms with Crippen molar-refractivity contribution in [3.8, 4) is 5.75 Å². The topological polar surface area (TPSA) is 38.3 Å². The van der Waals surface area contributed by atoms with Crippen LogP contribution in [-0.4, -0.2) is 12.5 Å². The number of anilines is 1. The fraction of sp³-hybridized carbons (Fsp3) is 0.278. The zero-order chi connectivity index (χ0) is 16.8. The molecule has 5 heteroatoms. The summed E-state index contributed by atoms with van der Waals surface area (Å²) in [5, 5.41) is 3.76. The van der Waals surface area contributed by atoms with Gasteiger partial charge < -0.3 is 10.1 Å². The molecule has 2 aromatic carbocycles. The van der Waals surface area contributed by atoms with E-state index in [0.717, 1.165) is 11.3 Å². The van der Waals surface area contributed by atoms with Crippen LogP contribution in [0.25, 0.3) is 0 Å². The molecule has 0 heterocycles. The molecule has 0 saturated carbocycles. The van der Waals surface area contributed by atoms with Crippen molar-refractivity contribution in [1.82, 2.24) is 0 Å². The molecule has 0 saturated heterocycles. The van der Waals surface area contributed by atoms with Gasteiger partial charge in [-0.1, -0.05) is 35.3 Å². The molecule has 0 radical (unpaired) electrons. The standard InChI is InChI=1S/C18H19Cl2NO2/c1-12-5-3-6-17(13(12)2)23-8-4-7-18(22)21-16-10-14(19)9-15(20)11-16/h3,5-6,9-11H,4,7-8H2,1-2H3,(H,21,22). The predicted octanol–water partition coefficient (Wildman–Crippen LogP) is 5.41. The first-order chi connectivity index (χ1) is 11.0. The lowest BCUT2D eigenvalue weighted by molar-refractivity contribution is -0.116. The number of carbonyl (C=O) groups excluding carboxylic acids is 1. The fourth-order valence-corrected chi connectivity index (χ4v) is 2.67. The van der Waals surface area contributed by atoms with Gasteiger partial charge in [0.15, 0.2) is 0 Å². The number of aryl methyl sites for hydroxylation is 1. The third-order valence-corrected chi connectivity index (χ3v) is 3.94. The molecule has 0 aliphatic carbocycles. The van der Waals surface area contributed by atoms with Crippen molar-refractivity contribution in [1.29, 1.82) is 0 Å². The maximum atomic E-state index is 11.9. The Kier molecular flexibility index (Phi) is 6.31. The van der Waals surface area contributed by atoms with Gasteiger partial charge in [0.1, 0.15) is 5.75 Å². The molecule has 23 heavy (non-hydrogen) atoms. The molecule has 122 valence electrons. The lowest BCUT2D eigenvalue weighted by Crippen LogP contribution is -2.13. The number of ether oxygens (including phenoxy) is 1. The van der Waals surface area contributed by atoms with Gasteiger partial charge in [-0.15, -0.1) is 0 Å². The highest BCUT2D eigenvalue weighted by atomic mass is 35.5. The van der Waals surface area contributed by atoms with Crippen LogP contribution in [0.4, 0.5) is 5.69 Å². The third kappa shape index (κ3) is 5.45. The Bertz CT molecular complexity index is 681. The van der Waals surface area contributed by atoms with Crippen LogP contribution in [-0.2, 0) is 4.79 Å². The maximum absolute atomic E-state index is 11.9. The van der Waals surface area contributed by atoms with E-state index in [4.69, 9.17) is 27.9 Å². The minimum absolute atomic E-state index is 0.0899. The zero-order valence-electron chi connectivity index (χ0n) is 13.2. The summed E-state index contributed by atoms with van der Waals surface area (Å²) in [4.78, 5) is 11.9. The smallest absolute Gasteiger partial charge is 0.224 e. The quantitative estimate of drug-likeness (QED) is 0.706. The molecule has 2 aromatic rings. The van der Waals surface area contributed by atoms with E-state index < -0.39 is 0 Å². The minimum atomic E-state index is -0.0899. The van der Waals surface area contributed by atoms with Crippen LogP contribution in [0.15, 0.2) is 36.4 Å². The average molecular weight is 352 g/mol. The van der Waals surface area contributed by atoms with Crippen LogP contribution < -0.4 is 10.1 Å². The molecule has 3 nitrogen and oxygen atoms in total. The fourth-order valence-electron chi connectivity index (χ4n) is 2.14. The molecule has 0 atom stereocenters. The van der Waals surface area contributed by atoms with Gasteiger partial charge in [0.25, 0.3) is 0 Å². The van der Waals surface area contributed by atoms with Crippen molar-refractivity contribution in [3.63, 3.8) is 0 Å². The summed E-state index contributed by atoms with van der Waals surface area (Å²) < 4.78 is 5.73. The second kappa shape index (κ2) is 8.23. The lowest BCUT2D eigenvalue weighted by Gasteiger charge is -2.11. The highest BCUT2D eigenvalue weighted by molar-refractivity contribution is 6.35. The van der Waals surface area contributed by atoms with Crippen LogP contribution in [0.5, 0.6) is 5.75 Å². The van der Waals surface area contributed by atoms with Gasteiger partial charge in [-0.3, -0.25) is 4.79 Å². The Morgan fingerprint density at radius 1 is 1.13 bits per heavy atom. The Balaban J connectivity index is 1.77. The number of nitrogens with one attached hydrogen (secondary N) is 1. The van der Waals surface area contributed by atoms with Crippen LogP contribution >= 0.6 is 23.2 Å². The van der Waals surface area contributed by atoms with E-state index in [1.807, 2.05) is 32.0 Å². The van der Waals surface area contributed by atoms with Gasteiger partial charge >= 0.3 is 0 Å². The first-order valence-corrected chi connectivity index (χ1v) is 8.16. The number of amides is 1. The van der Waals surface area contributed by atoms with Crippen molar-refractivity contribution in [2.45, 2.75) is 26.7 Å². The monoisotopic (exact) mass is 351 g/mol. The largest absolute Gasteiger partial charge is 0.493 e. The number of benzene rings is 2. The Labute approximate surface area is 146 Å². The summed E-state index contributed by atoms with van der Waals surface area (Å²) in [7, 11) is 0. The van der Waals surface area contributed by atoms with Gasteiger partial charge in [0.2, 0.25) is 5.91 Å². The van der Waals surface area contributed by atoms with Gasteiger partial charge in [-0.2, -0.15) is 0 Å². The summed E-state index contributed by atoms with van der Waals surface area (Å²) in [6.07, 6.45) is 1.00. The molecular weight excluding hydrogens is 333 g/mol. The van der Waals surface area contributed by atoms with Gasteiger partial charge in [0, 0.05) is 22.2 Å². The van der Waals surface area contributed by atoms with E-state index in [9.17, 15) is 4.79 Å². The summed E-state index contributed by atoms with van der Waals surface area (Å²) in [6, 6.07) is 10.9. The highest BCUT2D eigenvalue weighted by Crippen LogP contribution is 2.23. The summed E-state index contributed by atoms with van der Waals surface area (Å²) in [6.45, 7) is 4.57. The van der Waals surface area contributed by atoms with E-state index in [1.54, 1.807) is 18.2 Å². The molecule has 0 fully saturated rings. The van der Waals surface area contributed by atoms with Crippen LogP contribution in [0.2, 0.25) is 10.0 Å². The van der Waals surface area contributed by atoms with Crippen molar-refractivity contribution in [3.05, 3.63) is 57.6 Å². The van der Waals surface area contributed by atoms with E-state index in [1.165, 1.54) is 5.56 Å². The average Bonchev–Trinajstić information content (AvgIpc) is 2.46. The van der Waals surface area contributed by atoms with Crippen molar-refractivity contribution in [2.24, 2.45) is 0 Å². The molecule has 0 bridgehead atoms. The number of hydrogen-bond acceptors (Lipinski definition) is 2. The minimum Gasteiger partial charge on any atom is -0.493 e. The molecule has 1 N–H and O–H groups in total. The zero-order valence-corrected chi connectivity index (χ0v) is 14.7. The van der Waals surface area contributed by atoms with Crippen molar-refractivity contribution < 1.29 is 9.53 Å². The van der Waals surface area contributed by atoms with Crippen LogP contribution in [0, 0.1) is 13.8 Å². The SMILES string of the molecule is Cc1cccc(OCCCC(=O)Nc2cc(Cl)cc(Cl)c2)c1C. The van der Waals surface area contributed by atoms with E-state index in [2.05, 4.69) is 5.32 Å². The number of carbonyl (C=O) groups is 1. The van der Waals surface area contributed by atoms with Gasteiger partial charge in [0.05, 0.1) is 6.61 Å². The van der Waals surface area contributed by atoms with Crippen LogP contribution in [0.1, 0.15) is 24.0 Å². The second-order valence-corrected chi connectivity index (χ2v) is 6.23. The van der Waals surface area contributed by atoms with Crippen LogP contribution in [0.3, 0.4) is 0 Å². The lowest BCUT2D eigenvalue weighted by atomic mass is 10.1. The molecule has 0 aliphatic heterocycles. The first kappa shape index (κ1) is 17.6. The van der Waals surface area contributed by atoms with Crippen molar-refractivity contribution in [2.75, 3.05) is 11.9 Å². The van der Waals surface area contributed by atoms with Gasteiger partial charge in [-0.05, 0) is 55.7 Å². The third-order valence-electron chi connectivity index (χ3n) is 3.51. The predicted molar refractivity (Wildman–Crippen MR) is 95.7 cm³/mol. The molecule has 0 unspecified atom stereocenters.